The van der Waals surface area contributed by atoms with Crippen molar-refractivity contribution in [1.29, 1.82) is 0 Å². The Balaban J connectivity index is 1.34. The lowest BCUT2D eigenvalue weighted by molar-refractivity contribution is 0.0892. The second-order valence-electron chi connectivity index (χ2n) is 6.94. The predicted octanol–water partition coefficient (Wildman–Crippen LogP) is 2.76. The normalized spacial score (nSPS) is 20.1. The van der Waals surface area contributed by atoms with Crippen LogP contribution in [0.3, 0.4) is 0 Å². The van der Waals surface area contributed by atoms with Gasteiger partial charge in [0.1, 0.15) is 6.10 Å². The number of aryl methyl sites for hydroxylation is 1. The number of nitrogens with zero attached hydrogens (tertiary/aromatic N) is 3. The van der Waals surface area contributed by atoms with Crippen LogP contribution in [0.25, 0.3) is 11.3 Å². The lowest BCUT2D eigenvalue weighted by atomic mass is 9.80. The average molecular weight is 368 g/mol. The van der Waals surface area contributed by atoms with Gasteiger partial charge in [-0.3, -0.25) is 4.79 Å². The molecule has 2 N–H and O–H groups in total. The maximum atomic E-state index is 12.4. The summed E-state index contributed by atoms with van der Waals surface area (Å²) in [5.41, 5.74) is 2.25. The first-order chi connectivity index (χ1) is 13.0. The van der Waals surface area contributed by atoms with Gasteiger partial charge in [-0.2, -0.15) is 0 Å². The summed E-state index contributed by atoms with van der Waals surface area (Å²) in [6.07, 6.45) is 0.627. The third-order valence-corrected chi connectivity index (χ3v) is 4.68. The molecular weight excluding hydrogens is 348 g/mol. The van der Waals surface area contributed by atoms with Gasteiger partial charge in [-0.1, -0.05) is 28.9 Å². The van der Waals surface area contributed by atoms with Crippen LogP contribution in [-0.2, 0) is 0 Å². The molecule has 8 heteroatoms. The molecule has 1 aromatic carbocycles. The SMILES string of the molecule is Cc1cccc(-c2cc(C(=O)NC3CC(c4nnc([C@@H](C)O)o4)C3)no2)c1. The number of nitrogens with one attached hydrogen (secondary N) is 1. The van der Waals surface area contributed by atoms with Crippen LogP contribution >= 0.6 is 0 Å². The molecule has 0 aliphatic heterocycles. The quantitative estimate of drug-likeness (QED) is 0.711. The molecule has 1 aliphatic rings. The number of amides is 1. The van der Waals surface area contributed by atoms with E-state index in [2.05, 4.69) is 20.7 Å². The third-order valence-electron chi connectivity index (χ3n) is 4.68. The molecule has 3 aromatic rings. The number of rotatable bonds is 5. The zero-order valence-corrected chi connectivity index (χ0v) is 15.0. The maximum Gasteiger partial charge on any atom is 0.273 e. The van der Waals surface area contributed by atoms with Crippen molar-refractivity contribution >= 4 is 5.91 Å². The summed E-state index contributed by atoms with van der Waals surface area (Å²) < 4.78 is 10.7. The number of aromatic nitrogens is 3. The van der Waals surface area contributed by atoms with Crippen molar-refractivity contribution in [2.75, 3.05) is 0 Å². The second-order valence-corrected chi connectivity index (χ2v) is 6.94. The summed E-state index contributed by atoms with van der Waals surface area (Å²) >= 11 is 0. The Labute approximate surface area is 155 Å². The molecule has 0 unspecified atom stereocenters. The first kappa shape index (κ1) is 17.4. The minimum absolute atomic E-state index is 0.0171. The van der Waals surface area contributed by atoms with E-state index in [4.69, 9.17) is 8.94 Å². The first-order valence-corrected chi connectivity index (χ1v) is 8.85. The number of carbonyl (C=O) groups is 1. The molecule has 1 atom stereocenters. The van der Waals surface area contributed by atoms with E-state index < -0.39 is 6.10 Å². The Kier molecular flexibility index (Phi) is 4.49. The fourth-order valence-corrected chi connectivity index (χ4v) is 3.09. The molecule has 140 valence electrons. The standard InChI is InChI=1S/C19H20N4O4/c1-10-4-3-5-12(6-10)16-9-15(23-27-16)17(25)20-14-7-13(8-14)19-22-21-18(26-19)11(2)24/h3-6,9,11,13-14,24H,7-8H2,1-2H3,(H,20,25)/t11-,13?,14?/m1/s1. The van der Waals surface area contributed by atoms with Gasteiger partial charge in [-0.15, -0.1) is 10.2 Å². The molecule has 27 heavy (non-hydrogen) atoms. The smallest absolute Gasteiger partial charge is 0.273 e. The van der Waals surface area contributed by atoms with Gasteiger partial charge in [0, 0.05) is 23.6 Å². The average Bonchev–Trinajstić information content (AvgIpc) is 3.27. The van der Waals surface area contributed by atoms with Crippen LogP contribution in [0.4, 0.5) is 0 Å². The Hall–Kier alpha value is -3.00. The van der Waals surface area contributed by atoms with E-state index in [1.165, 1.54) is 0 Å². The highest BCUT2D eigenvalue weighted by atomic mass is 16.5. The van der Waals surface area contributed by atoms with Crippen LogP contribution in [0.1, 0.15) is 59.6 Å². The molecule has 0 saturated heterocycles. The predicted molar refractivity (Wildman–Crippen MR) is 94.8 cm³/mol. The molecule has 1 aliphatic carbocycles. The monoisotopic (exact) mass is 368 g/mol. The van der Waals surface area contributed by atoms with Crippen molar-refractivity contribution in [2.24, 2.45) is 0 Å². The number of benzene rings is 1. The van der Waals surface area contributed by atoms with Gasteiger partial charge in [0.25, 0.3) is 5.91 Å². The minimum Gasteiger partial charge on any atom is -0.422 e. The molecule has 2 aromatic heterocycles. The van der Waals surface area contributed by atoms with Gasteiger partial charge in [-0.05, 0) is 32.8 Å². The lowest BCUT2D eigenvalue weighted by Gasteiger charge is -2.33. The lowest BCUT2D eigenvalue weighted by Crippen LogP contribution is -2.43. The van der Waals surface area contributed by atoms with Gasteiger partial charge in [0.05, 0.1) is 0 Å². The number of aliphatic hydroxyl groups excluding tert-OH is 1. The molecule has 0 spiro atoms. The highest BCUT2D eigenvalue weighted by Gasteiger charge is 2.36. The molecule has 1 saturated carbocycles. The van der Waals surface area contributed by atoms with E-state index in [9.17, 15) is 9.90 Å². The topological polar surface area (TPSA) is 114 Å². The van der Waals surface area contributed by atoms with Crippen molar-refractivity contribution in [2.45, 2.75) is 44.8 Å². The van der Waals surface area contributed by atoms with Gasteiger partial charge in [0.2, 0.25) is 11.8 Å². The molecule has 1 fully saturated rings. The van der Waals surface area contributed by atoms with E-state index in [0.717, 1.165) is 11.1 Å². The molecule has 8 nitrogen and oxygen atoms in total. The maximum absolute atomic E-state index is 12.4. The molecular formula is C19H20N4O4. The van der Waals surface area contributed by atoms with E-state index in [-0.39, 0.29) is 29.5 Å². The van der Waals surface area contributed by atoms with Crippen molar-refractivity contribution < 1.29 is 18.8 Å². The third kappa shape index (κ3) is 3.61. The summed E-state index contributed by atoms with van der Waals surface area (Å²) in [5.74, 6) is 1.10. The van der Waals surface area contributed by atoms with Crippen LogP contribution < -0.4 is 5.32 Å². The Morgan fingerprint density at radius 3 is 2.81 bits per heavy atom. The van der Waals surface area contributed by atoms with Crippen molar-refractivity contribution in [3.8, 4) is 11.3 Å². The van der Waals surface area contributed by atoms with Crippen LogP contribution in [0.5, 0.6) is 0 Å². The van der Waals surface area contributed by atoms with E-state index in [1.54, 1.807) is 13.0 Å². The number of carbonyl (C=O) groups excluding carboxylic acids is 1. The summed E-state index contributed by atoms with van der Waals surface area (Å²) in [6, 6.07) is 9.48. The molecule has 1 amide bonds. The van der Waals surface area contributed by atoms with Crippen LogP contribution in [0.15, 0.2) is 39.3 Å². The summed E-state index contributed by atoms with van der Waals surface area (Å²) in [7, 11) is 0. The zero-order chi connectivity index (χ0) is 19.0. The summed E-state index contributed by atoms with van der Waals surface area (Å²) in [6.45, 7) is 3.57. The van der Waals surface area contributed by atoms with Crippen molar-refractivity contribution in [3.63, 3.8) is 0 Å². The highest BCUT2D eigenvalue weighted by Crippen LogP contribution is 2.36. The number of aliphatic hydroxyl groups is 1. The molecule has 0 bridgehead atoms. The van der Waals surface area contributed by atoms with Crippen LogP contribution in [-0.4, -0.2) is 32.4 Å². The fraction of sp³-hybridized carbons (Fsp3) is 0.368. The number of hydrogen-bond acceptors (Lipinski definition) is 7. The Morgan fingerprint density at radius 1 is 1.30 bits per heavy atom. The Bertz CT molecular complexity index is 956. The Morgan fingerprint density at radius 2 is 2.11 bits per heavy atom. The summed E-state index contributed by atoms with van der Waals surface area (Å²) in [4.78, 5) is 12.4. The van der Waals surface area contributed by atoms with Gasteiger partial charge in [0.15, 0.2) is 11.5 Å². The molecule has 2 heterocycles. The highest BCUT2D eigenvalue weighted by molar-refractivity contribution is 5.93. The zero-order valence-electron chi connectivity index (χ0n) is 15.0. The van der Waals surface area contributed by atoms with E-state index >= 15 is 0 Å². The van der Waals surface area contributed by atoms with E-state index in [0.29, 0.717) is 24.5 Å². The van der Waals surface area contributed by atoms with E-state index in [1.807, 2.05) is 31.2 Å². The van der Waals surface area contributed by atoms with Crippen molar-refractivity contribution in [1.82, 2.24) is 20.7 Å². The van der Waals surface area contributed by atoms with Gasteiger partial charge in [-0.25, -0.2) is 0 Å². The minimum atomic E-state index is -0.781. The van der Waals surface area contributed by atoms with Gasteiger partial charge < -0.3 is 19.4 Å². The fourth-order valence-electron chi connectivity index (χ4n) is 3.09. The van der Waals surface area contributed by atoms with Crippen molar-refractivity contribution in [3.05, 3.63) is 53.4 Å². The van der Waals surface area contributed by atoms with Crippen LogP contribution in [0.2, 0.25) is 0 Å². The van der Waals surface area contributed by atoms with Gasteiger partial charge >= 0.3 is 0 Å². The molecule has 0 radical (unpaired) electrons. The second kappa shape index (κ2) is 6.96. The number of hydrogen-bond donors (Lipinski definition) is 2. The summed E-state index contributed by atoms with van der Waals surface area (Å²) in [5, 5.41) is 24.0. The van der Waals surface area contributed by atoms with Crippen LogP contribution in [0, 0.1) is 6.92 Å². The largest absolute Gasteiger partial charge is 0.422 e. The molecule has 4 rings (SSSR count). The first-order valence-electron chi connectivity index (χ1n) is 8.85.